The van der Waals surface area contributed by atoms with Crippen LogP contribution in [0.2, 0.25) is 0 Å². The Hall–Kier alpha value is -3.60. The second-order valence-electron chi connectivity index (χ2n) is 10.2. The third-order valence-electron chi connectivity index (χ3n) is 7.25. The van der Waals surface area contributed by atoms with Crippen molar-refractivity contribution in [3.8, 4) is 5.75 Å². The van der Waals surface area contributed by atoms with E-state index in [0.717, 1.165) is 47.9 Å². The molecule has 37 heavy (non-hydrogen) atoms. The molecule has 2 amide bonds. The number of nitrogens with one attached hydrogen (secondary N) is 1. The van der Waals surface area contributed by atoms with Crippen molar-refractivity contribution in [2.24, 2.45) is 0 Å². The summed E-state index contributed by atoms with van der Waals surface area (Å²) in [6.45, 7) is 6.32. The highest BCUT2D eigenvalue weighted by Gasteiger charge is 2.32. The Kier molecular flexibility index (Phi) is 8.99. The van der Waals surface area contributed by atoms with Crippen LogP contribution in [-0.2, 0) is 22.6 Å². The molecular formula is C32H38N2O3. The van der Waals surface area contributed by atoms with Crippen molar-refractivity contribution in [1.82, 2.24) is 10.2 Å². The molecule has 1 atom stereocenters. The maximum absolute atomic E-state index is 13.8. The topological polar surface area (TPSA) is 58.6 Å². The Labute approximate surface area is 220 Å². The van der Waals surface area contributed by atoms with Gasteiger partial charge in [-0.25, -0.2) is 0 Å². The van der Waals surface area contributed by atoms with Gasteiger partial charge in [-0.3, -0.25) is 9.59 Å². The number of carbonyl (C=O) groups excluding carboxylic acids is 2. The summed E-state index contributed by atoms with van der Waals surface area (Å²) in [5, 5.41) is 3.25. The first-order valence-corrected chi connectivity index (χ1v) is 13.3. The molecule has 3 aromatic carbocycles. The number of nitrogens with zero attached hydrogens (tertiary/aromatic N) is 1. The highest BCUT2D eigenvalue weighted by atomic mass is 16.5. The van der Waals surface area contributed by atoms with Gasteiger partial charge in [0.25, 0.3) is 5.91 Å². The summed E-state index contributed by atoms with van der Waals surface area (Å²) in [4.78, 5) is 29.2. The third-order valence-corrected chi connectivity index (χ3v) is 7.25. The first-order chi connectivity index (χ1) is 17.9. The maximum Gasteiger partial charge on any atom is 0.261 e. The van der Waals surface area contributed by atoms with Crippen molar-refractivity contribution < 1.29 is 14.3 Å². The molecule has 5 heteroatoms. The van der Waals surface area contributed by atoms with Crippen molar-refractivity contribution in [2.45, 2.75) is 71.5 Å². The first kappa shape index (κ1) is 26.5. The van der Waals surface area contributed by atoms with Gasteiger partial charge in [0.2, 0.25) is 5.91 Å². The standard InChI is InChI=1S/C32H38N2O3/c1-23-10-9-13-27(18-23)21-34(31(35)22-37-29-17-16-24(2)25(3)19-29)30(20-26-11-5-4-6-12-26)32(36)33-28-14-7-8-15-28/h4-6,9-13,16-19,28,30H,7-8,14-15,20-22H2,1-3H3,(H,33,36)/t30-/m0/s1. The second kappa shape index (κ2) is 12.6. The Morgan fingerprint density at radius 1 is 0.892 bits per heavy atom. The Bertz CT molecular complexity index is 1200. The number of hydrogen-bond donors (Lipinski definition) is 1. The number of aryl methyl sites for hydroxylation is 3. The van der Waals surface area contributed by atoms with E-state index in [0.29, 0.717) is 18.7 Å². The molecule has 4 rings (SSSR count). The summed E-state index contributed by atoms with van der Waals surface area (Å²) >= 11 is 0. The van der Waals surface area contributed by atoms with E-state index in [2.05, 4.69) is 11.4 Å². The van der Waals surface area contributed by atoms with Gasteiger partial charge in [-0.2, -0.15) is 0 Å². The van der Waals surface area contributed by atoms with E-state index in [-0.39, 0.29) is 24.5 Å². The van der Waals surface area contributed by atoms with Gasteiger partial charge < -0.3 is 15.0 Å². The minimum Gasteiger partial charge on any atom is -0.484 e. The summed E-state index contributed by atoms with van der Waals surface area (Å²) in [6.07, 6.45) is 4.69. The van der Waals surface area contributed by atoms with Crippen LogP contribution in [0, 0.1) is 20.8 Å². The number of ether oxygens (including phenoxy) is 1. The largest absolute Gasteiger partial charge is 0.484 e. The van der Waals surface area contributed by atoms with Crippen LogP contribution in [0.25, 0.3) is 0 Å². The van der Waals surface area contributed by atoms with Crippen LogP contribution in [0.4, 0.5) is 0 Å². The fraction of sp³-hybridized carbons (Fsp3) is 0.375. The number of amides is 2. The summed E-state index contributed by atoms with van der Waals surface area (Å²) in [5.41, 5.74) is 5.41. The monoisotopic (exact) mass is 498 g/mol. The number of rotatable bonds is 10. The quantitative estimate of drug-likeness (QED) is 0.391. The summed E-state index contributed by atoms with van der Waals surface area (Å²) in [6, 6.07) is 23.4. The summed E-state index contributed by atoms with van der Waals surface area (Å²) < 4.78 is 5.94. The molecular weight excluding hydrogens is 460 g/mol. The number of hydrogen-bond acceptors (Lipinski definition) is 3. The van der Waals surface area contributed by atoms with Gasteiger partial charge in [0, 0.05) is 19.0 Å². The van der Waals surface area contributed by atoms with Gasteiger partial charge in [0.05, 0.1) is 0 Å². The van der Waals surface area contributed by atoms with Crippen molar-refractivity contribution in [3.05, 3.63) is 101 Å². The maximum atomic E-state index is 13.8. The normalized spacial score (nSPS) is 14.2. The predicted octanol–water partition coefficient (Wildman–Crippen LogP) is 5.69. The lowest BCUT2D eigenvalue weighted by molar-refractivity contribution is -0.143. The molecule has 1 N–H and O–H groups in total. The van der Waals surface area contributed by atoms with E-state index in [9.17, 15) is 9.59 Å². The Morgan fingerprint density at radius 2 is 1.62 bits per heavy atom. The molecule has 0 radical (unpaired) electrons. The van der Waals surface area contributed by atoms with Crippen LogP contribution >= 0.6 is 0 Å². The van der Waals surface area contributed by atoms with Crippen LogP contribution in [0.3, 0.4) is 0 Å². The molecule has 0 unspecified atom stereocenters. The molecule has 0 bridgehead atoms. The first-order valence-electron chi connectivity index (χ1n) is 13.3. The SMILES string of the molecule is Cc1cccc(CN(C(=O)COc2ccc(C)c(C)c2)[C@@H](Cc2ccccc2)C(=O)NC2CCCC2)c1. The molecule has 0 aliphatic heterocycles. The van der Waals surface area contributed by atoms with E-state index >= 15 is 0 Å². The number of benzene rings is 3. The zero-order chi connectivity index (χ0) is 26.2. The Morgan fingerprint density at radius 3 is 2.32 bits per heavy atom. The van der Waals surface area contributed by atoms with Gasteiger partial charge in [0.15, 0.2) is 6.61 Å². The molecule has 3 aromatic rings. The lowest BCUT2D eigenvalue weighted by Crippen LogP contribution is -2.53. The minimum absolute atomic E-state index is 0.0945. The molecule has 194 valence electrons. The number of carbonyl (C=O) groups is 2. The fourth-order valence-corrected chi connectivity index (χ4v) is 4.96. The predicted molar refractivity (Wildman–Crippen MR) is 147 cm³/mol. The van der Waals surface area contributed by atoms with Gasteiger partial charge in [-0.05, 0) is 68.0 Å². The molecule has 0 heterocycles. The summed E-state index contributed by atoms with van der Waals surface area (Å²) in [7, 11) is 0. The van der Waals surface area contributed by atoms with Gasteiger partial charge in [-0.15, -0.1) is 0 Å². The highest BCUT2D eigenvalue weighted by molar-refractivity contribution is 5.88. The van der Waals surface area contributed by atoms with E-state index in [1.54, 1.807) is 4.90 Å². The molecule has 0 saturated heterocycles. The van der Waals surface area contributed by atoms with Crippen LogP contribution in [0.1, 0.15) is 53.5 Å². The van der Waals surface area contributed by atoms with Crippen molar-refractivity contribution in [1.29, 1.82) is 0 Å². The third kappa shape index (κ3) is 7.45. The smallest absolute Gasteiger partial charge is 0.261 e. The fourth-order valence-electron chi connectivity index (χ4n) is 4.96. The second-order valence-corrected chi connectivity index (χ2v) is 10.2. The van der Waals surface area contributed by atoms with Crippen LogP contribution < -0.4 is 10.1 Å². The molecule has 1 saturated carbocycles. The zero-order valence-corrected chi connectivity index (χ0v) is 22.2. The van der Waals surface area contributed by atoms with Gasteiger partial charge in [-0.1, -0.05) is 79.1 Å². The van der Waals surface area contributed by atoms with Crippen molar-refractivity contribution >= 4 is 11.8 Å². The molecule has 5 nitrogen and oxygen atoms in total. The average Bonchev–Trinajstić information content (AvgIpc) is 3.40. The van der Waals surface area contributed by atoms with Crippen LogP contribution in [0.5, 0.6) is 5.75 Å². The average molecular weight is 499 g/mol. The lowest BCUT2D eigenvalue weighted by atomic mass is 10.0. The summed E-state index contributed by atoms with van der Waals surface area (Å²) in [5.74, 6) is 0.354. The van der Waals surface area contributed by atoms with E-state index in [4.69, 9.17) is 4.74 Å². The minimum atomic E-state index is -0.639. The Balaban J connectivity index is 1.61. The molecule has 0 spiro atoms. The molecule has 1 aliphatic carbocycles. The van der Waals surface area contributed by atoms with Crippen LogP contribution in [-0.4, -0.2) is 35.4 Å². The van der Waals surface area contributed by atoms with Crippen molar-refractivity contribution in [2.75, 3.05) is 6.61 Å². The molecule has 1 fully saturated rings. The van der Waals surface area contributed by atoms with Crippen LogP contribution in [0.15, 0.2) is 72.8 Å². The van der Waals surface area contributed by atoms with Gasteiger partial charge >= 0.3 is 0 Å². The van der Waals surface area contributed by atoms with E-state index < -0.39 is 6.04 Å². The lowest BCUT2D eigenvalue weighted by Gasteiger charge is -2.32. The van der Waals surface area contributed by atoms with E-state index in [1.165, 1.54) is 5.56 Å². The van der Waals surface area contributed by atoms with Gasteiger partial charge in [0.1, 0.15) is 11.8 Å². The highest BCUT2D eigenvalue weighted by Crippen LogP contribution is 2.21. The molecule has 0 aromatic heterocycles. The van der Waals surface area contributed by atoms with E-state index in [1.807, 2.05) is 87.5 Å². The zero-order valence-electron chi connectivity index (χ0n) is 22.2. The molecule has 1 aliphatic rings. The van der Waals surface area contributed by atoms with Crippen molar-refractivity contribution in [3.63, 3.8) is 0 Å².